The first-order chi connectivity index (χ1) is 7.95. The highest BCUT2D eigenvalue weighted by molar-refractivity contribution is 5.55. The maximum atomic E-state index is 5.13. The van der Waals surface area contributed by atoms with Crippen molar-refractivity contribution in [2.75, 3.05) is 0 Å². The molecule has 0 aliphatic heterocycles. The topological polar surface area (TPSA) is 52.3 Å². The zero-order valence-corrected chi connectivity index (χ0v) is 8.73. The summed E-state index contributed by atoms with van der Waals surface area (Å²) in [5.74, 6) is 0. The highest BCUT2D eigenvalue weighted by Gasteiger charge is 1.89. The lowest BCUT2D eigenvalue weighted by atomic mass is 10.2. The van der Waals surface area contributed by atoms with E-state index in [2.05, 4.69) is 15.2 Å². The molecule has 0 bridgehead atoms. The van der Waals surface area contributed by atoms with Crippen LogP contribution >= 0.6 is 0 Å². The molecule has 0 saturated heterocycles. The molecule has 0 atom stereocenters. The Kier molecular flexibility index (Phi) is 3.65. The maximum Gasteiger partial charge on any atom is 0.142 e. The molecule has 5 nitrogen and oxygen atoms in total. The second kappa shape index (κ2) is 5.65. The van der Waals surface area contributed by atoms with Crippen LogP contribution in [0.3, 0.4) is 0 Å². The van der Waals surface area contributed by atoms with E-state index >= 15 is 0 Å². The Hall–Kier alpha value is -2.17. The van der Waals surface area contributed by atoms with Gasteiger partial charge >= 0.3 is 0 Å². The minimum Gasteiger partial charge on any atom is -0.391 e. The number of hydrogen-bond acceptors (Lipinski definition) is 4. The second-order valence-corrected chi connectivity index (χ2v) is 3.16. The molecule has 0 unspecified atom stereocenters. The van der Waals surface area contributed by atoms with Crippen molar-refractivity contribution in [1.82, 2.24) is 14.8 Å². The van der Waals surface area contributed by atoms with Gasteiger partial charge in [-0.2, -0.15) is 5.10 Å². The minimum absolute atomic E-state index is 0.481. The van der Waals surface area contributed by atoms with E-state index in [4.69, 9.17) is 4.84 Å². The van der Waals surface area contributed by atoms with E-state index in [1.165, 1.54) is 6.33 Å². The predicted molar refractivity (Wildman–Crippen MR) is 59.7 cm³/mol. The highest BCUT2D eigenvalue weighted by atomic mass is 16.6. The first-order valence-corrected chi connectivity index (χ1v) is 4.95. The SMILES string of the molecule is C(Cn1cncn1)=NOCc1ccccc1. The van der Waals surface area contributed by atoms with Gasteiger partial charge in [0.2, 0.25) is 0 Å². The fourth-order valence-corrected chi connectivity index (χ4v) is 1.18. The van der Waals surface area contributed by atoms with Crippen molar-refractivity contribution < 1.29 is 4.84 Å². The zero-order valence-electron chi connectivity index (χ0n) is 8.73. The molecule has 5 heteroatoms. The van der Waals surface area contributed by atoms with Gasteiger partial charge in [0.05, 0.1) is 12.8 Å². The molecule has 2 aromatic rings. The van der Waals surface area contributed by atoms with Crippen LogP contribution in [0.15, 0.2) is 48.1 Å². The summed E-state index contributed by atoms with van der Waals surface area (Å²) in [6, 6.07) is 9.90. The van der Waals surface area contributed by atoms with Gasteiger partial charge in [-0.05, 0) is 5.56 Å². The molecule has 0 radical (unpaired) electrons. The third kappa shape index (κ3) is 3.20. The quantitative estimate of drug-likeness (QED) is 0.562. The Morgan fingerprint density at radius 3 is 2.94 bits per heavy atom. The highest BCUT2D eigenvalue weighted by Crippen LogP contribution is 1.99. The lowest BCUT2D eigenvalue weighted by Gasteiger charge is -1.98. The van der Waals surface area contributed by atoms with E-state index in [0.717, 1.165) is 5.56 Å². The fraction of sp³-hybridized carbons (Fsp3) is 0.182. The predicted octanol–water partition coefficient (Wildman–Crippen LogP) is 1.48. The molecule has 0 saturated carbocycles. The number of nitrogens with zero attached hydrogens (tertiary/aromatic N) is 4. The molecule has 0 aliphatic carbocycles. The first-order valence-electron chi connectivity index (χ1n) is 4.95. The van der Waals surface area contributed by atoms with Crippen LogP contribution in [0.5, 0.6) is 0 Å². The second-order valence-electron chi connectivity index (χ2n) is 3.16. The van der Waals surface area contributed by atoms with Crippen LogP contribution in [0.4, 0.5) is 0 Å². The Bertz CT molecular complexity index is 425. The molecule has 0 N–H and O–H groups in total. The van der Waals surface area contributed by atoms with E-state index in [1.54, 1.807) is 17.2 Å². The van der Waals surface area contributed by atoms with Crippen LogP contribution in [0.2, 0.25) is 0 Å². The zero-order chi connectivity index (χ0) is 11.1. The monoisotopic (exact) mass is 216 g/mol. The number of rotatable bonds is 5. The number of aromatic nitrogens is 3. The molecule has 0 spiro atoms. The van der Waals surface area contributed by atoms with E-state index in [9.17, 15) is 0 Å². The molecule has 0 amide bonds. The van der Waals surface area contributed by atoms with E-state index in [-0.39, 0.29) is 0 Å². The lowest BCUT2D eigenvalue weighted by molar-refractivity contribution is 0.131. The van der Waals surface area contributed by atoms with Crippen molar-refractivity contribution >= 4 is 6.21 Å². The molecular formula is C11H12N4O. The summed E-state index contributed by atoms with van der Waals surface area (Å²) < 4.78 is 1.66. The number of oxime groups is 1. The van der Waals surface area contributed by atoms with Gasteiger partial charge in [-0.3, -0.25) is 0 Å². The van der Waals surface area contributed by atoms with Gasteiger partial charge in [-0.15, -0.1) is 0 Å². The van der Waals surface area contributed by atoms with Crippen LogP contribution in [0.1, 0.15) is 5.56 Å². The van der Waals surface area contributed by atoms with Crippen molar-refractivity contribution in [3.8, 4) is 0 Å². The van der Waals surface area contributed by atoms with Gasteiger partial charge in [-0.1, -0.05) is 35.5 Å². The van der Waals surface area contributed by atoms with Crippen molar-refractivity contribution in [2.24, 2.45) is 5.16 Å². The third-order valence-electron chi connectivity index (χ3n) is 1.96. The van der Waals surface area contributed by atoms with E-state index < -0.39 is 0 Å². The van der Waals surface area contributed by atoms with Crippen LogP contribution < -0.4 is 0 Å². The molecule has 1 heterocycles. The summed E-state index contributed by atoms with van der Waals surface area (Å²) in [4.78, 5) is 8.94. The number of benzene rings is 1. The van der Waals surface area contributed by atoms with E-state index in [1.807, 2.05) is 30.3 Å². The summed E-state index contributed by atoms with van der Waals surface area (Å²) in [6.07, 6.45) is 4.76. The van der Waals surface area contributed by atoms with Crippen LogP contribution in [0, 0.1) is 0 Å². The van der Waals surface area contributed by atoms with Gasteiger partial charge in [0.25, 0.3) is 0 Å². The number of hydrogen-bond donors (Lipinski definition) is 0. The molecule has 1 aromatic carbocycles. The summed E-state index contributed by atoms with van der Waals surface area (Å²) in [5.41, 5.74) is 1.10. The fourth-order valence-electron chi connectivity index (χ4n) is 1.18. The van der Waals surface area contributed by atoms with Crippen LogP contribution in [-0.2, 0) is 18.0 Å². The van der Waals surface area contributed by atoms with Gasteiger partial charge in [-0.25, -0.2) is 9.67 Å². The van der Waals surface area contributed by atoms with Crippen molar-refractivity contribution in [3.05, 3.63) is 48.5 Å². The van der Waals surface area contributed by atoms with Crippen molar-refractivity contribution in [2.45, 2.75) is 13.2 Å². The molecule has 2 rings (SSSR count). The summed E-state index contributed by atoms with van der Waals surface area (Å²) in [7, 11) is 0. The van der Waals surface area contributed by atoms with Gasteiger partial charge in [0.1, 0.15) is 19.3 Å². The molecule has 16 heavy (non-hydrogen) atoms. The first kappa shape index (κ1) is 10.4. The Balaban J connectivity index is 1.70. The van der Waals surface area contributed by atoms with Gasteiger partial charge < -0.3 is 4.84 Å². The van der Waals surface area contributed by atoms with Crippen molar-refractivity contribution in [3.63, 3.8) is 0 Å². The smallest absolute Gasteiger partial charge is 0.142 e. The molecule has 0 aliphatic rings. The largest absolute Gasteiger partial charge is 0.391 e. The van der Waals surface area contributed by atoms with E-state index in [0.29, 0.717) is 13.2 Å². The summed E-state index contributed by atoms with van der Waals surface area (Å²) in [5, 5.41) is 7.76. The maximum absolute atomic E-state index is 5.13. The lowest BCUT2D eigenvalue weighted by Crippen LogP contribution is -1.99. The van der Waals surface area contributed by atoms with Gasteiger partial charge in [0.15, 0.2) is 0 Å². The Labute approximate surface area is 93.4 Å². The van der Waals surface area contributed by atoms with Crippen molar-refractivity contribution in [1.29, 1.82) is 0 Å². The molecule has 1 aromatic heterocycles. The van der Waals surface area contributed by atoms with Gasteiger partial charge in [0, 0.05) is 0 Å². The molecule has 82 valence electrons. The Morgan fingerprint density at radius 2 is 2.19 bits per heavy atom. The average Bonchev–Trinajstić information content (AvgIpc) is 2.83. The van der Waals surface area contributed by atoms with Crippen LogP contribution in [0.25, 0.3) is 0 Å². The van der Waals surface area contributed by atoms with Crippen LogP contribution in [-0.4, -0.2) is 21.0 Å². The standard InChI is InChI=1S/C11H12N4O/c1-2-4-11(5-3-1)8-16-14-6-7-15-10-12-9-13-15/h1-6,9-10H,7-8H2. The summed E-state index contributed by atoms with van der Waals surface area (Å²) >= 11 is 0. The third-order valence-corrected chi connectivity index (χ3v) is 1.96. The summed E-state index contributed by atoms with van der Waals surface area (Å²) in [6.45, 7) is 1.05. The minimum atomic E-state index is 0.481. The molecular weight excluding hydrogens is 204 g/mol. The average molecular weight is 216 g/mol. The normalized spacial score (nSPS) is 10.8. The Morgan fingerprint density at radius 1 is 1.31 bits per heavy atom. The molecule has 0 fully saturated rings.